The lowest BCUT2D eigenvalue weighted by molar-refractivity contribution is -0.111. The number of benzene rings is 2. The van der Waals surface area contributed by atoms with Crippen molar-refractivity contribution in [1.29, 1.82) is 0 Å². The normalized spacial score (nSPS) is 10.8. The predicted octanol–water partition coefficient (Wildman–Crippen LogP) is 3.83. The van der Waals surface area contributed by atoms with Gasteiger partial charge < -0.3 is 5.32 Å². The van der Waals surface area contributed by atoms with Gasteiger partial charge in [0, 0.05) is 23.5 Å². The van der Waals surface area contributed by atoms with Gasteiger partial charge in [-0.25, -0.2) is 4.68 Å². The fourth-order valence-corrected chi connectivity index (χ4v) is 2.14. The Balaban J connectivity index is 1.65. The van der Waals surface area contributed by atoms with E-state index < -0.39 is 0 Å². The molecule has 0 aliphatic carbocycles. The highest BCUT2D eigenvalue weighted by molar-refractivity contribution is 6.01. The molecule has 1 heterocycles. The zero-order chi connectivity index (χ0) is 16.1. The maximum Gasteiger partial charge on any atom is 0.248 e. The molecular weight excluding hydrogens is 286 g/mol. The van der Waals surface area contributed by atoms with Gasteiger partial charge in [0.2, 0.25) is 5.91 Å². The second-order valence-corrected chi connectivity index (χ2v) is 5.24. The average Bonchev–Trinajstić information content (AvgIpc) is 3.05. The van der Waals surface area contributed by atoms with E-state index in [0.29, 0.717) is 0 Å². The second-order valence-electron chi connectivity index (χ2n) is 5.24. The van der Waals surface area contributed by atoms with Crippen molar-refractivity contribution >= 4 is 17.7 Å². The third-order valence-electron chi connectivity index (χ3n) is 3.37. The highest BCUT2D eigenvalue weighted by atomic mass is 16.1. The largest absolute Gasteiger partial charge is 0.323 e. The summed E-state index contributed by atoms with van der Waals surface area (Å²) in [7, 11) is 0. The molecule has 0 fully saturated rings. The van der Waals surface area contributed by atoms with E-state index >= 15 is 0 Å². The fraction of sp³-hybridized carbons (Fsp3) is 0.0526. The Hall–Kier alpha value is -3.14. The van der Waals surface area contributed by atoms with Gasteiger partial charge in [0.1, 0.15) is 0 Å². The summed E-state index contributed by atoms with van der Waals surface area (Å²) in [6.45, 7) is 2.01. The number of carbonyl (C=O) groups is 1. The van der Waals surface area contributed by atoms with Crippen LogP contribution in [-0.4, -0.2) is 15.7 Å². The Labute approximate surface area is 135 Å². The Morgan fingerprint density at radius 1 is 1.09 bits per heavy atom. The zero-order valence-corrected chi connectivity index (χ0v) is 12.8. The minimum absolute atomic E-state index is 0.165. The first kappa shape index (κ1) is 14.8. The molecule has 0 aliphatic heterocycles. The van der Waals surface area contributed by atoms with Gasteiger partial charge in [-0.1, -0.05) is 35.9 Å². The highest BCUT2D eigenvalue weighted by Gasteiger charge is 2.00. The van der Waals surface area contributed by atoms with Crippen molar-refractivity contribution in [1.82, 2.24) is 9.78 Å². The monoisotopic (exact) mass is 303 g/mol. The summed E-state index contributed by atoms with van der Waals surface area (Å²) in [4.78, 5) is 11.9. The Morgan fingerprint density at radius 3 is 2.57 bits per heavy atom. The molecule has 114 valence electrons. The van der Waals surface area contributed by atoms with Crippen molar-refractivity contribution < 1.29 is 4.79 Å². The number of nitrogens with one attached hydrogen (secondary N) is 1. The van der Waals surface area contributed by atoms with Gasteiger partial charge in [0.05, 0.1) is 11.9 Å². The van der Waals surface area contributed by atoms with E-state index in [4.69, 9.17) is 0 Å². The van der Waals surface area contributed by atoms with Gasteiger partial charge >= 0.3 is 0 Å². The molecule has 0 unspecified atom stereocenters. The summed E-state index contributed by atoms with van der Waals surface area (Å²) in [5, 5.41) is 7.12. The molecule has 3 aromatic rings. The van der Waals surface area contributed by atoms with Crippen molar-refractivity contribution in [2.75, 3.05) is 5.32 Å². The van der Waals surface area contributed by atoms with Gasteiger partial charge in [0.15, 0.2) is 0 Å². The average molecular weight is 303 g/mol. The van der Waals surface area contributed by atoms with E-state index in [9.17, 15) is 4.79 Å². The molecular formula is C19H17N3O. The first-order valence-corrected chi connectivity index (χ1v) is 7.36. The van der Waals surface area contributed by atoms with Crippen LogP contribution in [0, 0.1) is 6.92 Å². The SMILES string of the molecule is Cc1ccc(NC(=O)/C=C\c2cnn(-c3ccccc3)c2)cc1. The molecule has 1 N–H and O–H groups in total. The lowest BCUT2D eigenvalue weighted by Crippen LogP contribution is -2.07. The van der Waals surface area contributed by atoms with Crippen LogP contribution in [0.25, 0.3) is 11.8 Å². The lowest BCUT2D eigenvalue weighted by Gasteiger charge is -2.01. The zero-order valence-electron chi connectivity index (χ0n) is 12.8. The summed E-state index contributed by atoms with van der Waals surface area (Å²) >= 11 is 0. The Morgan fingerprint density at radius 2 is 1.83 bits per heavy atom. The molecule has 0 saturated heterocycles. The number of para-hydroxylation sites is 1. The molecule has 1 aromatic heterocycles. The van der Waals surface area contributed by atoms with Crippen LogP contribution in [0.5, 0.6) is 0 Å². The van der Waals surface area contributed by atoms with Crippen LogP contribution in [0.4, 0.5) is 5.69 Å². The highest BCUT2D eigenvalue weighted by Crippen LogP contribution is 2.10. The van der Waals surface area contributed by atoms with E-state index in [1.807, 2.05) is 67.7 Å². The van der Waals surface area contributed by atoms with Crippen molar-refractivity contribution in [2.24, 2.45) is 0 Å². The lowest BCUT2D eigenvalue weighted by atomic mass is 10.2. The van der Waals surface area contributed by atoms with Crippen molar-refractivity contribution in [3.8, 4) is 5.69 Å². The Bertz CT molecular complexity index is 817. The quantitative estimate of drug-likeness (QED) is 0.745. The van der Waals surface area contributed by atoms with Gasteiger partial charge in [0.25, 0.3) is 0 Å². The molecule has 2 aromatic carbocycles. The van der Waals surface area contributed by atoms with E-state index in [1.165, 1.54) is 6.08 Å². The standard InChI is InChI=1S/C19H17N3O/c1-15-7-10-17(11-8-15)21-19(23)12-9-16-13-20-22(14-16)18-5-3-2-4-6-18/h2-14H,1H3,(H,21,23)/b12-9-. The predicted molar refractivity (Wildman–Crippen MR) is 92.4 cm³/mol. The minimum Gasteiger partial charge on any atom is -0.323 e. The molecule has 0 spiro atoms. The van der Waals surface area contributed by atoms with Crippen LogP contribution in [0.1, 0.15) is 11.1 Å². The van der Waals surface area contributed by atoms with Crippen LogP contribution in [0.3, 0.4) is 0 Å². The summed E-state index contributed by atoms with van der Waals surface area (Å²) < 4.78 is 1.78. The minimum atomic E-state index is -0.165. The maximum absolute atomic E-state index is 11.9. The second kappa shape index (κ2) is 6.75. The molecule has 1 amide bonds. The molecule has 0 saturated carbocycles. The fourth-order valence-electron chi connectivity index (χ4n) is 2.14. The molecule has 0 atom stereocenters. The molecule has 0 aliphatic rings. The first-order chi connectivity index (χ1) is 11.2. The number of nitrogens with zero attached hydrogens (tertiary/aromatic N) is 2. The number of hydrogen-bond acceptors (Lipinski definition) is 2. The van der Waals surface area contributed by atoms with Crippen molar-refractivity contribution in [3.63, 3.8) is 0 Å². The Kier molecular flexibility index (Phi) is 4.34. The van der Waals surface area contributed by atoms with E-state index in [1.54, 1.807) is 17.0 Å². The van der Waals surface area contributed by atoms with Gasteiger partial charge in [-0.3, -0.25) is 4.79 Å². The number of aryl methyl sites for hydroxylation is 1. The third-order valence-corrected chi connectivity index (χ3v) is 3.37. The van der Waals surface area contributed by atoms with Gasteiger partial charge in [-0.15, -0.1) is 0 Å². The molecule has 0 radical (unpaired) electrons. The summed E-state index contributed by atoms with van der Waals surface area (Å²) in [6, 6.07) is 17.5. The van der Waals surface area contributed by atoms with Crippen LogP contribution in [0.2, 0.25) is 0 Å². The van der Waals surface area contributed by atoms with Crippen molar-refractivity contribution in [2.45, 2.75) is 6.92 Å². The van der Waals surface area contributed by atoms with E-state index in [-0.39, 0.29) is 5.91 Å². The third kappa shape index (κ3) is 3.95. The number of amides is 1. The van der Waals surface area contributed by atoms with Gasteiger partial charge in [-0.2, -0.15) is 5.10 Å². The summed E-state index contributed by atoms with van der Waals surface area (Å²) in [5.41, 5.74) is 3.79. The van der Waals surface area contributed by atoms with Crippen LogP contribution < -0.4 is 5.32 Å². The molecule has 0 bridgehead atoms. The molecule has 23 heavy (non-hydrogen) atoms. The summed E-state index contributed by atoms with van der Waals surface area (Å²) in [6.07, 6.45) is 6.86. The van der Waals surface area contributed by atoms with Crippen molar-refractivity contribution in [3.05, 3.63) is 84.2 Å². The van der Waals surface area contributed by atoms with E-state index in [0.717, 1.165) is 22.5 Å². The number of hydrogen-bond donors (Lipinski definition) is 1. The molecule has 3 rings (SSSR count). The maximum atomic E-state index is 11.9. The van der Waals surface area contributed by atoms with Crippen LogP contribution in [-0.2, 0) is 4.79 Å². The first-order valence-electron chi connectivity index (χ1n) is 7.36. The van der Waals surface area contributed by atoms with Crippen LogP contribution >= 0.6 is 0 Å². The van der Waals surface area contributed by atoms with E-state index in [2.05, 4.69) is 10.4 Å². The molecule has 4 heteroatoms. The van der Waals surface area contributed by atoms with Gasteiger partial charge in [-0.05, 0) is 37.3 Å². The topological polar surface area (TPSA) is 46.9 Å². The number of rotatable bonds is 4. The summed E-state index contributed by atoms with van der Waals surface area (Å²) in [5.74, 6) is -0.165. The molecule has 4 nitrogen and oxygen atoms in total. The smallest absolute Gasteiger partial charge is 0.248 e. The number of aromatic nitrogens is 2. The number of carbonyl (C=O) groups excluding carboxylic acids is 1. The number of anilines is 1. The van der Waals surface area contributed by atoms with Crippen LogP contribution in [0.15, 0.2) is 73.1 Å².